The van der Waals surface area contributed by atoms with Gasteiger partial charge in [0.05, 0.1) is 5.02 Å². The molecule has 2 rings (SSSR count). The third kappa shape index (κ3) is 3.12. The van der Waals surface area contributed by atoms with E-state index in [0.717, 1.165) is 5.56 Å². The van der Waals surface area contributed by atoms with E-state index in [4.69, 9.17) is 26.6 Å². The highest BCUT2D eigenvalue weighted by Gasteiger charge is 2.15. The first-order valence-corrected chi connectivity index (χ1v) is 6.38. The fourth-order valence-corrected chi connectivity index (χ4v) is 1.95. The van der Waals surface area contributed by atoms with Crippen molar-refractivity contribution in [2.75, 3.05) is 0 Å². The van der Waals surface area contributed by atoms with Crippen molar-refractivity contribution in [3.63, 3.8) is 0 Å². The van der Waals surface area contributed by atoms with E-state index >= 15 is 0 Å². The number of halogens is 1. The van der Waals surface area contributed by atoms with Crippen molar-refractivity contribution in [3.05, 3.63) is 51.9 Å². The Morgan fingerprint density at radius 1 is 1.40 bits per heavy atom. The molecular formula is C14H15ClN2O3. The van der Waals surface area contributed by atoms with Crippen molar-refractivity contribution in [2.24, 2.45) is 5.84 Å². The molecule has 6 heteroatoms. The molecule has 3 N–H and O–H groups in total. The number of carbonyl (C=O) groups excluding carboxylic acids is 1. The zero-order valence-corrected chi connectivity index (χ0v) is 12.0. The van der Waals surface area contributed by atoms with E-state index in [-0.39, 0.29) is 12.4 Å². The Balaban J connectivity index is 2.11. The largest absolute Gasteiger partial charge is 0.484 e. The average molecular weight is 295 g/mol. The van der Waals surface area contributed by atoms with Crippen molar-refractivity contribution in [1.82, 2.24) is 5.43 Å². The number of hydrogen-bond acceptors (Lipinski definition) is 4. The van der Waals surface area contributed by atoms with Crippen molar-refractivity contribution in [1.29, 1.82) is 0 Å². The normalized spacial score (nSPS) is 10.4. The van der Waals surface area contributed by atoms with Crippen LogP contribution in [0.1, 0.15) is 27.4 Å². The van der Waals surface area contributed by atoms with Crippen LogP contribution >= 0.6 is 11.6 Å². The number of aryl methyl sites for hydroxylation is 2. The lowest BCUT2D eigenvalue weighted by molar-refractivity contribution is 0.0921. The highest BCUT2D eigenvalue weighted by molar-refractivity contribution is 6.32. The number of amides is 1. The lowest BCUT2D eigenvalue weighted by atomic mass is 10.2. The standard InChI is InChI=1S/C14H15ClN2O3/c1-8-3-4-11(15)12(5-8)19-7-10-6-9(2)13(20-10)14(18)17-16/h3-6H,7,16H2,1-2H3,(H,17,18). The van der Waals surface area contributed by atoms with Crippen LogP contribution < -0.4 is 16.0 Å². The van der Waals surface area contributed by atoms with Crippen LogP contribution in [0.25, 0.3) is 0 Å². The third-order valence-corrected chi connectivity index (χ3v) is 3.08. The first-order valence-electron chi connectivity index (χ1n) is 6.00. The van der Waals surface area contributed by atoms with Crippen LogP contribution in [0.4, 0.5) is 0 Å². The summed E-state index contributed by atoms with van der Waals surface area (Å²) in [4.78, 5) is 11.4. The molecule has 0 aliphatic heterocycles. The average Bonchev–Trinajstić information content (AvgIpc) is 2.80. The number of benzene rings is 1. The molecular weight excluding hydrogens is 280 g/mol. The van der Waals surface area contributed by atoms with Gasteiger partial charge in [0.1, 0.15) is 18.1 Å². The molecule has 0 aliphatic rings. The Morgan fingerprint density at radius 3 is 2.85 bits per heavy atom. The van der Waals surface area contributed by atoms with Crippen molar-refractivity contribution < 1.29 is 13.9 Å². The molecule has 1 aromatic heterocycles. The number of rotatable bonds is 4. The predicted molar refractivity (Wildman–Crippen MR) is 75.6 cm³/mol. The van der Waals surface area contributed by atoms with Crippen LogP contribution in [0.2, 0.25) is 5.02 Å². The van der Waals surface area contributed by atoms with E-state index in [9.17, 15) is 4.79 Å². The summed E-state index contributed by atoms with van der Waals surface area (Å²) >= 11 is 6.04. The molecule has 1 amide bonds. The minimum absolute atomic E-state index is 0.182. The topological polar surface area (TPSA) is 77.5 Å². The second-order valence-electron chi connectivity index (χ2n) is 4.42. The van der Waals surface area contributed by atoms with E-state index in [1.807, 2.05) is 24.5 Å². The van der Waals surface area contributed by atoms with Gasteiger partial charge < -0.3 is 9.15 Å². The van der Waals surface area contributed by atoms with E-state index in [2.05, 4.69) is 0 Å². The number of nitrogens with one attached hydrogen (secondary N) is 1. The van der Waals surface area contributed by atoms with Crippen molar-refractivity contribution in [3.8, 4) is 5.75 Å². The summed E-state index contributed by atoms with van der Waals surface area (Å²) < 4.78 is 11.0. The summed E-state index contributed by atoms with van der Waals surface area (Å²) in [6, 6.07) is 7.24. The quantitative estimate of drug-likeness (QED) is 0.516. The number of ether oxygens (including phenoxy) is 1. The van der Waals surface area contributed by atoms with Gasteiger partial charge in [-0.05, 0) is 37.6 Å². The van der Waals surface area contributed by atoms with Gasteiger partial charge in [-0.25, -0.2) is 5.84 Å². The number of hydrogen-bond donors (Lipinski definition) is 2. The van der Waals surface area contributed by atoms with E-state index in [1.54, 1.807) is 19.1 Å². The summed E-state index contributed by atoms with van der Waals surface area (Å²) in [5.41, 5.74) is 3.77. The molecule has 2 aromatic rings. The second kappa shape index (κ2) is 5.98. The number of furan rings is 1. The molecule has 5 nitrogen and oxygen atoms in total. The Labute approximate surface area is 121 Å². The molecule has 1 heterocycles. The molecule has 20 heavy (non-hydrogen) atoms. The first kappa shape index (κ1) is 14.4. The van der Waals surface area contributed by atoms with Crippen LogP contribution in [0.3, 0.4) is 0 Å². The molecule has 0 fully saturated rings. The molecule has 0 spiro atoms. The number of hydrazine groups is 1. The van der Waals surface area contributed by atoms with Gasteiger partial charge in [0.2, 0.25) is 0 Å². The molecule has 0 atom stereocenters. The van der Waals surface area contributed by atoms with Crippen LogP contribution in [-0.2, 0) is 6.61 Å². The Kier molecular flexibility index (Phi) is 4.32. The van der Waals surface area contributed by atoms with Crippen molar-refractivity contribution in [2.45, 2.75) is 20.5 Å². The van der Waals surface area contributed by atoms with Gasteiger partial charge in [0.15, 0.2) is 5.76 Å². The van der Waals surface area contributed by atoms with Gasteiger partial charge in [-0.15, -0.1) is 0 Å². The Morgan fingerprint density at radius 2 is 2.15 bits per heavy atom. The van der Waals surface area contributed by atoms with E-state index in [1.165, 1.54) is 0 Å². The van der Waals surface area contributed by atoms with Crippen LogP contribution in [0.5, 0.6) is 5.75 Å². The van der Waals surface area contributed by atoms with E-state index < -0.39 is 5.91 Å². The maximum atomic E-state index is 11.4. The van der Waals surface area contributed by atoms with Crippen LogP contribution in [0.15, 0.2) is 28.7 Å². The number of nitrogen functional groups attached to an aromatic ring is 1. The highest BCUT2D eigenvalue weighted by Crippen LogP contribution is 2.26. The molecule has 0 bridgehead atoms. The van der Waals surface area contributed by atoms with E-state index in [0.29, 0.717) is 22.1 Å². The molecule has 0 saturated carbocycles. The minimum Gasteiger partial charge on any atom is -0.484 e. The van der Waals surface area contributed by atoms with Gasteiger partial charge in [0, 0.05) is 5.56 Å². The van der Waals surface area contributed by atoms with Crippen molar-refractivity contribution >= 4 is 17.5 Å². The summed E-state index contributed by atoms with van der Waals surface area (Å²) in [5.74, 6) is 5.89. The molecule has 0 radical (unpaired) electrons. The summed E-state index contributed by atoms with van der Waals surface area (Å²) in [6.07, 6.45) is 0. The molecule has 106 valence electrons. The highest BCUT2D eigenvalue weighted by atomic mass is 35.5. The fourth-order valence-electron chi connectivity index (χ4n) is 1.78. The monoisotopic (exact) mass is 294 g/mol. The zero-order valence-electron chi connectivity index (χ0n) is 11.2. The van der Waals surface area contributed by atoms with Gasteiger partial charge in [-0.1, -0.05) is 17.7 Å². The summed E-state index contributed by atoms with van der Waals surface area (Å²) in [7, 11) is 0. The second-order valence-corrected chi connectivity index (χ2v) is 4.83. The maximum absolute atomic E-state index is 11.4. The first-order chi connectivity index (χ1) is 9.51. The summed E-state index contributed by atoms with van der Waals surface area (Å²) in [6.45, 7) is 3.89. The van der Waals surface area contributed by atoms with Gasteiger partial charge in [-0.3, -0.25) is 10.2 Å². The molecule has 1 aromatic carbocycles. The van der Waals surface area contributed by atoms with Gasteiger partial charge >= 0.3 is 5.91 Å². The lowest BCUT2D eigenvalue weighted by Crippen LogP contribution is -2.30. The van der Waals surface area contributed by atoms with Gasteiger partial charge in [-0.2, -0.15) is 0 Å². The lowest BCUT2D eigenvalue weighted by Gasteiger charge is -2.07. The third-order valence-electron chi connectivity index (χ3n) is 2.76. The number of carbonyl (C=O) groups is 1. The molecule has 0 unspecified atom stereocenters. The zero-order chi connectivity index (χ0) is 14.7. The molecule has 0 aliphatic carbocycles. The SMILES string of the molecule is Cc1ccc(Cl)c(OCc2cc(C)c(C(=O)NN)o2)c1. The fraction of sp³-hybridized carbons (Fsp3) is 0.214. The Bertz CT molecular complexity index is 637. The maximum Gasteiger partial charge on any atom is 0.301 e. The smallest absolute Gasteiger partial charge is 0.301 e. The predicted octanol–water partition coefficient (Wildman–Crippen LogP) is 2.73. The molecule has 0 saturated heterocycles. The Hall–Kier alpha value is -1.98. The minimum atomic E-state index is -0.470. The van der Waals surface area contributed by atoms with Crippen LogP contribution in [0, 0.1) is 13.8 Å². The van der Waals surface area contributed by atoms with Gasteiger partial charge in [0.25, 0.3) is 0 Å². The summed E-state index contributed by atoms with van der Waals surface area (Å²) in [5, 5.41) is 0.527. The van der Waals surface area contributed by atoms with Crippen LogP contribution in [-0.4, -0.2) is 5.91 Å². The number of nitrogens with two attached hydrogens (primary N) is 1.